The molecule has 5 nitrogen and oxygen atoms in total. The molecule has 1 amide bonds. The molecule has 0 bridgehead atoms. The van der Waals surface area contributed by atoms with Crippen LogP contribution in [-0.4, -0.2) is 36.7 Å². The molecular weight excluding hydrogens is 258 g/mol. The fourth-order valence-electron chi connectivity index (χ4n) is 1.79. The number of ether oxygens (including phenoxy) is 1. The average Bonchev–Trinajstić information content (AvgIpc) is 2.45. The summed E-state index contributed by atoms with van der Waals surface area (Å²) >= 11 is 0. The monoisotopic (exact) mass is 279 g/mol. The van der Waals surface area contributed by atoms with Crippen LogP contribution in [0.3, 0.4) is 0 Å². The maximum Gasteiger partial charge on any atom is 0.312 e. The molecule has 1 aromatic rings. The van der Waals surface area contributed by atoms with Gasteiger partial charge in [-0.15, -0.1) is 0 Å². The minimum Gasteiger partial charge on any atom is -0.481 e. The molecule has 0 aliphatic carbocycles. The van der Waals surface area contributed by atoms with E-state index in [1.165, 1.54) is 0 Å². The Labute approximate surface area is 118 Å². The van der Waals surface area contributed by atoms with Gasteiger partial charge in [0.1, 0.15) is 0 Å². The molecule has 110 valence electrons. The van der Waals surface area contributed by atoms with Crippen molar-refractivity contribution in [2.24, 2.45) is 0 Å². The minimum atomic E-state index is -0.943. The second kappa shape index (κ2) is 8.32. The highest BCUT2D eigenvalue weighted by Gasteiger charge is 2.20. The summed E-state index contributed by atoms with van der Waals surface area (Å²) in [4.78, 5) is 22.9. The SMILES string of the molecule is COC(C)CCC(=O)NCC(C(=O)O)c1ccccc1. The number of carbonyl (C=O) groups excluding carboxylic acids is 1. The molecule has 1 aromatic carbocycles. The van der Waals surface area contributed by atoms with E-state index in [4.69, 9.17) is 4.74 Å². The molecular formula is C15H21NO4. The van der Waals surface area contributed by atoms with Crippen LogP contribution in [0.2, 0.25) is 0 Å². The third-order valence-corrected chi connectivity index (χ3v) is 3.18. The molecule has 0 saturated heterocycles. The first-order chi connectivity index (χ1) is 9.54. The molecule has 1 rings (SSSR count). The van der Waals surface area contributed by atoms with E-state index in [-0.39, 0.29) is 18.6 Å². The molecule has 2 unspecified atom stereocenters. The maximum absolute atomic E-state index is 11.7. The standard InChI is InChI=1S/C15H21NO4/c1-11(20-2)8-9-14(17)16-10-13(15(18)19)12-6-4-3-5-7-12/h3-7,11,13H,8-10H2,1-2H3,(H,16,17)(H,18,19). The van der Waals surface area contributed by atoms with Crippen LogP contribution in [0.5, 0.6) is 0 Å². The van der Waals surface area contributed by atoms with Crippen LogP contribution < -0.4 is 5.32 Å². The second-order valence-electron chi connectivity index (χ2n) is 4.69. The Morgan fingerprint density at radius 1 is 1.30 bits per heavy atom. The van der Waals surface area contributed by atoms with Crippen LogP contribution >= 0.6 is 0 Å². The summed E-state index contributed by atoms with van der Waals surface area (Å²) in [5.41, 5.74) is 0.686. The number of carboxylic acid groups (broad SMARTS) is 1. The zero-order chi connectivity index (χ0) is 15.0. The largest absolute Gasteiger partial charge is 0.481 e. The highest BCUT2D eigenvalue weighted by Crippen LogP contribution is 2.14. The number of carbonyl (C=O) groups is 2. The van der Waals surface area contributed by atoms with Crippen molar-refractivity contribution in [1.29, 1.82) is 0 Å². The number of rotatable bonds is 8. The fourth-order valence-corrected chi connectivity index (χ4v) is 1.79. The number of hydrogen-bond donors (Lipinski definition) is 2. The van der Waals surface area contributed by atoms with E-state index < -0.39 is 11.9 Å². The zero-order valence-corrected chi connectivity index (χ0v) is 11.8. The highest BCUT2D eigenvalue weighted by molar-refractivity contribution is 5.79. The van der Waals surface area contributed by atoms with Crippen molar-refractivity contribution < 1.29 is 19.4 Å². The summed E-state index contributed by atoms with van der Waals surface area (Å²) in [6.07, 6.45) is 0.965. The molecule has 0 spiro atoms. The lowest BCUT2D eigenvalue weighted by atomic mass is 9.99. The highest BCUT2D eigenvalue weighted by atomic mass is 16.5. The molecule has 2 atom stereocenters. The van der Waals surface area contributed by atoms with E-state index in [1.54, 1.807) is 31.4 Å². The van der Waals surface area contributed by atoms with Gasteiger partial charge in [0.25, 0.3) is 0 Å². The summed E-state index contributed by atoms with van der Waals surface area (Å²) in [6, 6.07) is 8.89. The van der Waals surface area contributed by atoms with Gasteiger partial charge in [-0.05, 0) is 18.9 Å². The second-order valence-corrected chi connectivity index (χ2v) is 4.69. The summed E-state index contributed by atoms with van der Waals surface area (Å²) in [7, 11) is 1.60. The van der Waals surface area contributed by atoms with Gasteiger partial charge < -0.3 is 15.2 Å². The van der Waals surface area contributed by atoms with Gasteiger partial charge in [0, 0.05) is 20.1 Å². The van der Waals surface area contributed by atoms with E-state index in [2.05, 4.69) is 5.32 Å². The van der Waals surface area contributed by atoms with E-state index in [0.717, 1.165) is 0 Å². The van der Waals surface area contributed by atoms with Gasteiger partial charge in [-0.2, -0.15) is 0 Å². The quantitative estimate of drug-likeness (QED) is 0.760. The fraction of sp³-hybridized carbons (Fsp3) is 0.467. The average molecular weight is 279 g/mol. The van der Waals surface area contributed by atoms with Gasteiger partial charge in [-0.3, -0.25) is 9.59 Å². The van der Waals surface area contributed by atoms with E-state index in [9.17, 15) is 14.7 Å². The lowest BCUT2D eigenvalue weighted by Gasteiger charge is -2.14. The first-order valence-electron chi connectivity index (χ1n) is 6.61. The zero-order valence-electron chi connectivity index (χ0n) is 11.8. The van der Waals surface area contributed by atoms with Crippen LogP contribution in [-0.2, 0) is 14.3 Å². The smallest absolute Gasteiger partial charge is 0.312 e. The molecule has 0 fully saturated rings. The molecule has 0 radical (unpaired) electrons. The van der Waals surface area contributed by atoms with Crippen LogP contribution in [0.15, 0.2) is 30.3 Å². The molecule has 0 aliphatic heterocycles. The van der Waals surface area contributed by atoms with E-state index in [1.807, 2.05) is 13.0 Å². The number of methoxy groups -OCH3 is 1. The Morgan fingerprint density at radius 3 is 2.50 bits per heavy atom. The summed E-state index contributed by atoms with van der Waals surface area (Å²) in [5.74, 6) is -1.82. The van der Waals surface area contributed by atoms with Crippen molar-refractivity contribution in [3.8, 4) is 0 Å². The summed E-state index contributed by atoms with van der Waals surface area (Å²) in [6.45, 7) is 1.98. The van der Waals surface area contributed by atoms with Crippen LogP contribution in [0.25, 0.3) is 0 Å². The van der Waals surface area contributed by atoms with Crippen molar-refractivity contribution >= 4 is 11.9 Å². The molecule has 0 aromatic heterocycles. The van der Waals surface area contributed by atoms with Gasteiger partial charge in [0.2, 0.25) is 5.91 Å². The maximum atomic E-state index is 11.7. The third kappa shape index (κ3) is 5.40. The van der Waals surface area contributed by atoms with Gasteiger partial charge in [0.15, 0.2) is 0 Å². The molecule has 2 N–H and O–H groups in total. The number of aliphatic carboxylic acids is 1. The Morgan fingerprint density at radius 2 is 1.95 bits per heavy atom. The van der Waals surface area contributed by atoms with Crippen LogP contribution in [0.1, 0.15) is 31.2 Å². The van der Waals surface area contributed by atoms with Gasteiger partial charge in [-0.1, -0.05) is 30.3 Å². The summed E-state index contributed by atoms with van der Waals surface area (Å²) in [5, 5.41) is 11.9. The number of hydrogen-bond acceptors (Lipinski definition) is 3. The lowest BCUT2D eigenvalue weighted by molar-refractivity contribution is -0.138. The topological polar surface area (TPSA) is 75.6 Å². The normalized spacial score (nSPS) is 13.5. The first kappa shape index (κ1) is 16.2. The van der Waals surface area contributed by atoms with Crippen molar-refractivity contribution in [3.63, 3.8) is 0 Å². The first-order valence-corrected chi connectivity index (χ1v) is 6.61. The molecule has 20 heavy (non-hydrogen) atoms. The van der Waals surface area contributed by atoms with Gasteiger partial charge in [-0.25, -0.2) is 0 Å². The summed E-state index contributed by atoms with van der Waals surface area (Å²) < 4.78 is 5.06. The number of benzene rings is 1. The predicted molar refractivity (Wildman–Crippen MR) is 75.5 cm³/mol. The van der Waals surface area contributed by atoms with Crippen molar-refractivity contribution in [2.45, 2.75) is 31.8 Å². The lowest BCUT2D eigenvalue weighted by Crippen LogP contribution is -2.32. The Kier molecular flexibility index (Phi) is 6.73. The molecule has 0 aliphatic rings. The molecule has 5 heteroatoms. The predicted octanol–water partition coefficient (Wildman–Crippen LogP) is 1.79. The number of carboxylic acids is 1. The molecule has 0 saturated carbocycles. The number of nitrogens with one attached hydrogen (secondary N) is 1. The Hall–Kier alpha value is -1.88. The van der Waals surface area contributed by atoms with Crippen LogP contribution in [0.4, 0.5) is 0 Å². The van der Waals surface area contributed by atoms with E-state index >= 15 is 0 Å². The molecule has 0 heterocycles. The van der Waals surface area contributed by atoms with Gasteiger partial charge >= 0.3 is 5.97 Å². The number of amides is 1. The van der Waals surface area contributed by atoms with E-state index in [0.29, 0.717) is 18.4 Å². The van der Waals surface area contributed by atoms with Crippen LogP contribution in [0, 0.1) is 0 Å². The van der Waals surface area contributed by atoms with Crippen molar-refractivity contribution in [2.75, 3.05) is 13.7 Å². The Bertz CT molecular complexity index is 433. The minimum absolute atomic E-state index is 0.0187. The van der Waals surface area contributed by atoms with Crippen molar-refractivity contribution in [1.82, 2.24) is 5.32 Å². The third-order valence-electron chi connectivity index (χ3n) is 3.18. The Balaban J connectivity index is 2.48. The van der Waals surface area contributed by atoms with Crippen molar-refractivity contribution in [3.05, 3.63) is 35.9 Å². The van der Waals surface area contributed by atoms with Gasteiger partial charge in [0.05, 0.1) is 12.0 Å².